The van der Waals surface area contributed by atoms with Crippen molar-refractivity contribution in [3.05, 3.63) is 65.7 Å². The maximum Gasteiger partial charge on any atom is 0.410 e. The second kappa shape index (κ2) is 5.91. The van der Waals surface area contributed by atoms with Crippen LogP contribution in [0.1, 0.15) is 17.2 Å². The molecule has 0 atom stereocenters. The van der Waals surface area contributed by atoms with Crippen molar-refractivity contribution in [3.8, 4) is 0 Å². The average molecular weight is 286 g/mol. The number of nitrogens with zero attached hydrogens (tertiary/aromatic N) is 2. The summed E-state index contributed by atoms with van der Waals surface area (Å²) in [7, 11) is 0. The largest absolute Gasteiger partial charge is 0.445 e. The number of rotatable bonds is 3. The predicted octanol–water partition coefficient (Wildman–Crippen LogP) is 2.96. The quantitative estimate of drug-likeness (QED) is 0.815. The van der Waals surface area contributed by atoms with Gasteiger partial charge in [0.1, 0.15) is 6.61 Å². The molecule has 108 valence electrons. The van der Waals surface area contributed by atoms with Gasteiger partial charge in [0, 0.05) is 19.0 Å². The zero-order chi connectivity index (χ0) is 14.7. The van der Waals surface area contributed by atoms with E-state index < -0.39 is 5.95 Å². The fourth-order valence-corrected chi connectivity index (χ4v) is 2.28. The summed E-state index contributed by atoms with van der Waals surface area (Å²) in [5.41, 5.74) is 1.64. The van der Waals surface area contributed by atoms with Gasteiger partial charge in [-0.3, -0.25) is 0 Å². The number of pyridine rings is 1. The lowest BCUT2D eigenvalue weighted by atomic mass is 9.96. The molecule has 1 aliphatic rings. The number of carbonyl (C=O) groups is 1. The summed E-state index contributed by atoms with van der Waals surface area (Å²) in [5.74, 6) is -0.400. The Morgan fingerprint density at radius 2 is 1.95 bits per heavy atom. The van der Waals surface area contributed by atoms with E-state index in [1.165, 1.54) is 6.07 Å². The van der Waals surface area contributed by atoms with Gasteiger partial charge in [-0.1, -0.05) is 36.4 Å². The Labute approximate surface area is 122 Å². The highest BCUT2D eigenvalue weighted by Gasteiger charge is 2.33. The van der Waals surface area contributed by atoms with Gasteiger partial charge in [0.05, 0.1) is 5.69 Å². The highest BCUT2D eigenvalue weighted by Crippen LogP contribution is 2.26. The number of hydrogen-bond acceptors (Lipinski definition) is 3. The van der Waals surface area contributed by atoms with Crippen LogP contribution < -0.4 is 0 Å². The van der Waals surface area contributed by atoms with Crippen LogP contribution >= 0.6 is 0 Å². The maximum absolute atomic E-state index is 13.0. The summed E-state index contributed by atoms with van der Waals surface area (Å²) in [4.78, 5) is 17.3. The fourth-order valence-electron chi connectivity index (χ4n) is 2.28. The second-order valence-electron chi connectivity index (χ2n) is 5.03. The molecule has 1 aliphatic heterocycles. The Morgan fingerprint density at radius 3 is 2.67 bits per heavy atom. The molecule has 1 aromatic carbocycles. The molecule has 0 aliphatic carbocycles. The Morgan fingerprint density at radius 1 is 1.19 bits per heavy atom. The zero-order valence-electron chi connectivity index (χ0n) is 11.4. The molecule has 21 heavy (non-hydrogen) atoms. The van der Waals surface area contributed by atoms with E-state index in [4.69, 9.17) is 4.74 Å². The van der Waals surface area contributed by atoms with E-state index in [0.29, 0.717) is 18.8 Å². The van der Waals surface area contributed by atoms with Gasteiger partial charge < -0.3 is 9.64 Å². The third-order valence-corrected chi connectivity index (χ3v) is 3.50. The van der Waals surface area contributed by atoms with Gasteiger partial charge in [-0.2, -0.15) is 4.39 Å². The SMILES string of the molecule is O=C(OCc1ccccc1)N1CC(c2cccc(F)n2)C1. The third kappa shape index (κ3) is 3.18. The molecule has 4 nitrogen and oxygen atoms in total. The zero-order valence-corrected chi connectivity index (χ0v) is 11.4. The van der Waals surface area contributed by atoms with Gasteiger partial charge in [-0.25, -0.2) is 9.78 Å². The fraction of sp³-hybridized carbons (Fsp3) is 0.250. The summed E-state index contributed by atoms with van der Waals surface area (Å²) in [5, 5.41) is 0. The molecular weight excluding hydrogens is 271 g/mol. The number of likely N-dealkylation sites (tertiary alicyclic amines) is 1. The predicted molar refractivity (Wildman–Crippen MR) is 75.1 cm³/mol. The smallest absolute Gasteiger partial charge is 0.410 e. The van der Waals surface area contributed by atoms with Crippen LogP contribution in [0.5, 0.6) is 0 Å². The number of amides is 1. The summed E-state index contributed by atoms with van der Waals surface area (Å²) < 4.78 is 18.3. The van der Waals surface area contributed by atoms with E-state index in [-0.39, 0.29) is 18.6 Å². The summed E-state index contributed by atoms with van der Waals surface area (Å²) in [6, 6.07) is 14.3. The van der Waals surface area contributed by atoms with Crippen molar-refractivity contribution in [1.82, 2.24) is 9.88 Å². The molecule has 2 heterocycles. The second-order valence-corrected chi connectivity index (χ2v) is 5.03. The highest BCUT2D eigenvalue weighted by molar-refractivity contribution is 5.69. The van der Waals surface area contributed by atoms with Crippen LogP contribution in [0.4, 0.5) is 9.18 Å². The molecule has 0 unspecified atom stereocenters. The molecule has 5 heteroatoms. The van der Waals surface area contributed by atoms with Crippen molar-refractivity contribution < 1.29 is 13.9 Å². The number of benzene rings is 1. The Hall–Kier alpha value is -2.43. The van der Waals surface area contributed by atoms with E-state index >= 15 is 0 Å². The topological polar surface area (TPSA) is 42.4 Å². The van der Waals surface area contributed by atoms with Crippen molar-refractivity contribution in [3.63, 3.8) is 0 Å². The molecule has 0 saturated carbocycles. The summed E-state index contributed by atoms with van der Waals surface area (Å²) >= 11 is 0. The van der Waals surface area contributed by atoms with Crippen LogP contribution in [0.2, 0.25) is 0 Å². The Balaban J connectivity index is 1.48. The first-order chi connectivity index (χ1) is 10.2. The van der Waals surface area contributed by atoms with Gasteiger partial charge in [-0.15, -0.1) is 0 Å². The number of hydrogen-bond donors (Lipinski definition) is 0. The first kappa shape index (κ1) is 13.5. The van der Waals surface area contributed by atoms with E-state index in [1.54, 1.807) is 17.0 Å². The number of aromatic nitrogens is 1. The van der Waals surface area contributed by atoms with Crippen molar-refractivity contribution in [2.45, 2.75) is 12.5 Å². The minimum absolute atomic E-state index is 0.0879. The van der Waals surface area contributed by atoms with Crippen molar-refractivity contribution in [1.29, 1.82) is 0 Å². The molecule has 1 saturated heterocycles. The van der Waals surface area contributed by atoms with Crippen molar-refractivity contribution >= 4 is 6.09 Å². The lowest BCUT2D eigenvalue weighted by Crippen LogP contribution is -2.48. The van der Waals surface area contributed by atoms with Crippen molar-refractivity contribution in [2.75, 3.05) is 13.1 Å². The standard InChI is InChI=1S/C16H15FN2O2/c17-15-8-4-7-14(18-15)13-9-19(10-13)16(20)21-11-12-5-2-1-3-6-12/h1-8,13H,9-11H2. The van der Waals surface area contributed by atoms with Gasteiger partial charge in [0.2, 0.25) is 5.95 Å². The number of ether oxygens (including phenoxy) is 1. The normalized spacial score (nSPS) is 14.6. The minimum Gasteiger partial charge on any atom is -0.445 e. The molecule has 0 bridgehead atoms. The third-order valence-electron chi connectivity index (χ3n) is 3.50. The number of halogens is 1. The van der Waals surface area contributed by atoms with Crippen LogP contribution in [0.3, 0.4) is 0 Å². The van der Waals surface area contributed by atoms with Crippen LogP contribution in [0, 0.1) is 5.95 Å². The lowest BCUT2D eigenvalue weighted by molar-refractivity contribution is 0.0656. The molecule has 1 aromatic heterocycles. The summed E-state index contributed by atoms with van der Waals surface area (Å²) in [6.45, 7) is 1.30. The molecule has 0 N–H and O–H groups in total. The van der Waals surface area contributed by atoms with Gasteiger partial charge >= 0.3 is 6.09 Å². The first-order valence-corrected chi connectivity index (χ1v) is 6.80. The minimum atomic E-state index is -0.488. The van der Waals surface area contributed by atoms with Gasteiger partial charge in [0.15, 0.2) is 0 Å². The van der Waals surface area contributed by atoms with E-state index in [1.807, 2.05) is 30.3 Å². The highest BCUT2D eigenvalue weighted by atomic mass is 19.1. The van der Waals surface area contributed by atoms with Crippen LogP contribution in [0.15, 0.2) is 48.5 Å². The molecule has 1 amide bonds. The lowest BCUT2D eigenvalue weighted by Gasteiger charge is -2.37. The number of carbonyl (C=O) groups excluding carboxylic acids is 1. The average Bonchev–Trinajstić information content (AvgIpc) is 2.45. The van der Waals surface area contributed by atoms with Crippen LogP contribution in [0.25, 0.3) is 0 Å². The molecule has 2 aromatic rings. The Kier molecular flexibility index (Phi) is 3.81. The Bertz CT molecular complexity index is 627. The molecule has 0 spiro atoms. The molecule has 0 radical (unpaired) electrons. The molecular formula is C16H15FN2O2. The van der Waals surface area contributed by atoms with Gasteiger partial charge in [-0.05, 0) is 17.7 Å². The van der Waals surface area contributed by atoms with Crippen molar-refractivity contribution in [2.24, 2.45) is 0 Å². The molecule has 1 fully saturated rings. The van der Waals surface area contributed by atoms with Crippen LogP contribution in [-0.4, -0.2) is 29.1 Å². The van der Waals surface area contributed by atoms with Gasteiger partial charge in [0.25, 0.3) is 0 Å². The van der Waals surface area contributed by atoms with E-state index in [2.05, 4.69) is 4.98 Å². The van der Waals surface area contributed by atoms with E-state index in [0.717, 1.165) is 5.56 Å². The maximum atomic E-state index is 13.0. The molecule has 3 rings (SSSR count). The monoisotopic (exact) mass is 286 g/mol. The van der Waals surface area contributed by atoms with E-state index in [9.17, 15) is 9.18 Å². The van der Waals surface area contributed by atoms with Crippen LogP contribution in [-0.2, 0) is 11.3 Å². The summed E-state index contributed by atoms with van der Waals surface area (Å²) in [6.07, 6.45) is -0.341. The first-order valence-electron chi connectivity index (χ1n) is 6.80.